The van der Waals surface area contributed by atoms with Gasteiger partial charge in [-0.25, -0.2) is 9.38 Å². The fourth-order valence-corrected chi connectivity index (χ4v) is 2.57. The molecule has 2 N–H and O–H groups in total. The van der Waals surface area contributed by atoms with Crippen molar-refractivity contribution in [2.24, 2.45) is 4.99 Å². The van der Waals surface area contributed by atoms with E-state index in [1.165, 1.54) is 11.6 Å². The van der Waals surface area contributed by atoms with Crippen LogP contribution in [0.2, 0.25) is 0 Å². The summed E-state index contributed by atoms with van der Waals surface area (Å²) in [6.45, 7) is 4.24. The fourth-order valence-electron chi connectivity index (χ4n) is 1.91. The summed E-state index contributed by atoms with van der Waals surface area (Å²) in [4.78, 5) is 4.53. The largest absolute Gasteiger partial charge is 0.357 e. The molecule has 5 heteroatoms. The Kier molecular flexibility index (Phi) is 6.22. The van der Waals surface area contributed by atoms with E-state index in [9.17, 15) is 4.39 Å². The Labute approximate surface area is 128 Å². The lowest BCUT2D eigenvalue weighted by Gasteiger charge is -2.11. The molecule has 0 unspecified atom stereocenters. The van der Waals surface area contributed by atoms with Crippen molar-refractivity contribution < 1.29 is 4.39 Å². The Morgan fingerprint density at radius 2 is 2.14 bits per heavy atom. The molecule has 2 rings (SSSR count). The van der Waals surface area contributed by atoms with Crippen LogP contribution in [-0.4, -0.2) is 19.0 Å². The number of rotatable bonds is 6. The van der Waals surface area contributed by atoms with E-state index >= 15 is 0 Å². The maximum absolute atomic E-state index is 13.1. The first-order valence-corrected chi connectivity index (χ1v) is 8.00. The van der Waals surface area contributed by atoms with E-state index < -0.39 is 0 Å². The highest BCUT2D eigenvalue weighted by Gasteiger charge is 1.99. The second kappa shape index (κ2) is 8.42. The Morgan fingerprint density at radius 3 is 2.86 bits per heavy atom. The second-order valence-corrected chi connectivity index (χ2v) is 5.41. The monoisotopic (exact) mass is 305 g/mol. The first kappa shape index (κ1) is 15.5. The molecule has 0 bridgehead atoms. The second-order valence-electron chi connectivity index (χ2n) is 4.63. The maximum Gasteiger partial charge on any atom is 0.191 e. The Bertz CT molecular complexity index is 567. The van der Waals surface area contributed by atoms with Gasteiger partial charge in [0.2, 0.25) is 0 Å². The van der Waals surface area contributed by atoms with Gasteiger partial charge in [0.1, 0.15) is 5.82 Å². The smallest absolute Gasteiger partial charge is 0.191 e. The molecule has 0 radical (unpaired) electrons. The van der Waals surface area contributed by atoms with E-state index in [2.05, 4.69) is 32.5 Å². The molecular weight excluding hydrogens is 285 g/mol. The zero-order valence-electron chi connectivity index (χ0n) is 12.1. The number of thiophene rings is 1. The van der Waals surface area contributed by atoms with Crippen molar-refractivity contribution >= 4 is 17.3 Å². The molecule has 112 valence electrons. The molecule has 0 atom stereocenters. The van der Waals surface area contributed by atoms with E-state index in [1.807, 2.05) is 13.0 Å². The normalized spacial score (nSPS) is 11.4. The van der Waals surface area contributed by atoms with Crippen molar-refractivity contribution in [1.29, 1.82) is 0 Å². The summed E-state index contributed by atoms with van der Waals surface area (Å²) in [6.07, 6.45) is 0.765. The van der Waals surface area contributed by atoms with Gasteiger partial charge in [-0.2, -0.15) is 11.3 Å². The zero-order valence-corrected chi connectivity index (χ0v) is 12.9. The quantitative estimate of drug-likeness (QED) is 0.635. The van der Waals surface area contributed by atoms with Gasteiger partial charge in [-0.15, -0.1) is 0 Å². The van der Waals surface area contributed by atoms with Crippen LogP contribution in [0, 0.1) is 5.82 Å². The number of hydrogen-bond acceptors (Lipinski definition) is 2. The predicted octanol–water partition coefficient (Wildman–Crippen LogP) is 3.19. The topological polar surface area (TPSA) is 36.4 Å². The van der Waals surface area contributed by atoms with Crippen molar-refractivity contribution in [3.63, 3.8) is 0 Å². The van der Waals surface area contributed by atoms with E-state index in [4.69, 9.17) is 0 Å². The molecule has 0 aliphatic rings. The molecule has 0 aliphatic carbocycles. The lowest BCUT2D eigenvalue weighted by molar-refractivity contribution is 0.625. The highest BCUT2D eigenvalue weighted by atomic mass is 32.1. The number of aliphatic imine (C=N–C) groups is 1. The zero-order chi connectivity index (χ0) is 14.9. The van der Waals surface area contributed by atoms with Gasteiger partial charge >= 0.3 is 0 Å². The van der Waals surface area contributed by atoms with Crippen LogP contribution in [-0.2, 0) is 13.0 Å². The number of nitrogens with zero attached hydrogens (tertiary/aromatic N) is 1. The lowest BCUT2D eigenvalue weighted by atomic mass is 10.1. The summed E-state index contributed by atoms with van der Waals surface area (Å²) < 4.78 is 13.1. The van der Waals surface area contributed by atoms with Gasteiger partial charge in [0.25, 0.3) is 0 Å². The number of halogens is 1. The van der Waals surface area contributed by atoms with Crippen molar-refractivity contribution in [2.45, 2.75) is 19.9 Å². The molecular formula is C16H20FN3S. The van der Waals surface area contributed by atoms with Crippen LogP contribution in [0.5, 0.6) is 0 Å². The first-order valence-electron chi connectivity index (χ1n) is 7.05. The fraction of sp³-hybridized carbons (Fsp3) is 0.312. The van der Waals surface area contributed by atoms with E-state index in [0.29, 0.717) is 6.54 Å². The first-order chi connectivity index (χ1) is 10.3. The van der Waals surface area contributed by atoms with Crippen molar-refractivity contribution in [1.82, 2.24) is 10.6 Å². The molecule has 1 heterocycles. The Morgan fingerprint density at radius 1 is 1.24 bits per heavy atom. The molecule has 1 aromatic carbocycles. The van der Waals surface area contributed by atoms with Gasteiger partial charge in [-0.05, 0) is 53.4 Å². The molecule has 0 spiro atoms. The molecule has 2 aromatic rings. The summed E-state index contributed by atoms with van der Waals surface area (Å²) in [7, 11) is 0. The molecule has 3 nitrogen and oxygen atoms in total. The molecule has 0 aliphatic heterocycles. The van der Waals surface area contributed by atoms with Gasteiger partial charge in [-0.1, -0.05) is 12.1 Å². The van der Waals surface area contributed by atoms with E-state index in [0.717, 1.165) is 31.0 Å². The van der Waals surface area contributed by atoms with Crippen LogP contribution in [0.15, 0.2) is 46.1 Å². The summed E-state index contributed by atoms with van der Waals surface area (Å²) in [6, 6.07) is 8.77. The van der Waals surface area contributed by atoms with Crippen LogP contribution in [0.3, 0.4) is 0 Å². The van der Waals surface area contributed by atoms with Gasteiger partial charge < -0.3 is 10.6 Å². The molecule has 0 amide bonds. The molecule has 0 saturated heterocycles. The number of guanidine groups is 1. The molecule has 0 saturated carbocycles. The highest BCUT2D eigenvalue weighted by molar-refractivity contribution is 7.07. The Balaban J connectivity index is 1.83. The summed E-state index contributed by atoms with van der Waals surface area (Å²) in [5.74, 6) is 0.602. The average molecular weight is 305 g/mol. The summed E-state index contributed by atoms with van der Waals surface area (Å²) in [5.41, 5.74) is 2.19. The lowest BCUT2D eigenvalue weighted by Crippen LogP contribution is -2.38. The third kappa shape index (κ3) is 5.55. The van der Waals surface area contributed by atoms with Gasteiger partial charge in [0.05, 0.1) is 6.54 Å². The van der Waals surface area contributed by atoms with Crippen molar-refractivity contribution in [3.8, 4) is 0 Å². The van der Waals surface area contributed by atoms with E-state index in [-0.39, 0.29) is 5.82 Å². The molecule has 0 fully saturated rings. The van der Waals surface area contributed by atoms with Crippen LogP contribution < -0.4 is 10.6 Å². The number of hydrogen-bond donors (Lipinski definition) is 2. The van der Waals surface area contributed by atoms with Gasteiger partial charge in [0.15, 0.2) is 5.96 Å². The minimum Gasteiger partial charge on any atom is -0.357 e. The SMILES string of the molecule is CCNC(=NCc1ccsc1)NCCc1cccc(F)c1. The van der Waals surface area contributed by atoms with Crippen molar-refractivity contribution in [2.75, 3.05) is 13.1 Å². The third-order valence-electron chi connectivity index (χ3n) is 2.94. The molecule has 21 heavy (non-hydrogen) atoms. The van der Waals surface area contributed by atoms with E-state index in [1.54, 1.807) is 23.5 Å². The minimum absolute atomic E-state index is 0.189. The summed E-state index contributed by atoms with van der Waals surface area (Å²) in [5, 5.41) is 10.6. The van der Waals surface area contributed by atoms with Crippen molar-refractivity contribution in [3.05, 3.63) is 58.0 Å². The number of benzene rings is 1. The third-order valence-corrected chi connectivity index (χ3v) is 3.67. The number of nitrogens with one attached hydrogen (secondary N) is 2. The highest BCUT2D eigenvalue weighted by Crippen LogP contribution is 2.07. The van der Waals surface area contributed by atoms with Crippen LogP contribution in [0.25, 0.3) is 0 Å². The van der Waals surface area contributed by atoms with Crippen LogP contribution in [0.4, 0.5) is 4.39 Å². The standard InChI is InChI=1S/C16H20FN3S/c1-2-18-16(20-11-14-7-9-21-12-14)19-8-6-13-4-3-5-15(17)10-13/h3-5,7,9-10,12H,2,6,8,11H2,1H3,(H2,18,19,20). The predicted molar refractivity (Wildman–Crippen MR) is 87.2 cm³/mol. The van der Waals surface area contributed by atoms with Gasteiger partial charge in [-0.3, -0.25) is 0 Å². The molecule has 1 aromatic heterocycles. The maximum atomic E-state index is 13.1. The summed E-state index contributed by atoms with van der Waals surface area (Å²) >= 11 is 1.68. The minimum atomic E-state index is -0.189. The van der Waals surface area contributed by atoms with Crippen LogP contribution >= 0.6 is 11.3 Å². The van der Waals surface area contributed by atoms with Crippen LogP contribution in [0.1, 0.15) is 18.1 Å². The van der Waals surface area contributed by atoms with Gasteiger partial charge in [0, 0.05) is 13.1 Å². The average Bonchev–Trinajstić information content (AvgIpc) is 2.98. The Hall–Kier alpha value is -1.88.